The van der Waals surface area contributed by atoms with Crippen LogP contribution in [0.1, 0.15) is 38.3 Å². The molecule has 110 valence electrons. The summed E-state index contributed by atoms with van der Waals surface area (Å²) in [4.78, 5) is 13.6. The summed E-state index contributed by atoms with van der Waals surface area (Å²) < 4.78 is 0. The predicted molar refractivity (Wildman–Crippen MR) is 82.8 cm³/mol. The van der Waals surface area contributed by atoms with E-state index in [-0.39, 0.29) is 17.9 Å². The summed E-state index contributed by atoms with van der Waals surface area (Å²) in [5.41, 5.74) is 13.3. The molecule has 1 fully saturated rings. The van der Waals surface area contributed by atoms with Gasteiger partial charge in [0.15, 0.2) is 0 Å². The number of carbonyl (C=O) groups excluding carboxylic acids is 1. The maximum atomic E-state index is 11.4. The Kier molecular flexibility index (Phi) is 4.55. The number of halogens is 1. The van der Waals surface area contributed by atoms with Crippen molar-refractivity contribution in [3.63, 3.8) is 0 Å². The number of benzene rings is 1. The van der Waals surface area contributed by atoms with Crippen molar-refractivity contribution in [2.24, 2.45) is 17.4 Å². The Morgan fingerprint density at radius 2 is 2.15 bits per heavy atom. The van der Waals surface area contributed by atoms with Gasteiger partial charge in [-0.1, -0.05) is 17.7 Å². The number of carbonyl (C=O) groups is 1. The number of hydrogen-bond donors (Lipinski definition) is 2. The first-order valence-corrected chi connectivity index (χ1v) is 7.39. The molecule has 1 amide bonds. The maximum absolute atomic E-state index is 11.4. The van der Waals surface area contributed by atoms with E-state index in [4.69, 9.17) is 23.1 Å². The van der Waals surface area contributed by atoms with Gasteiger partial charge in [-0.25, -0.2) is 0 Å². The lowest BCUT2D eigenvalue weighted by Gasteiger charge is -2.39. The minimum atomic E-state index is -0.231. The van der Waals surface area contributed by atoms with E-state index in [1.165, 1.54) is 0 Å². The van der Waals surface area contributed by atoms with Crippen molar-refractivity contribution in [2.75, 3.05) is 11.4 Å². The second-order valence-electron chi connectivity index (χ2n) is 5.68. The monoisotopic (exact) mass is 295 g/mol. The molecule has 2 rings (SSSR count). The van der Waals surface area contributed by atoms with Crippen molar-refractivity contribution in [2.45, 2.75) is 38.8 Å². The SMILES string of the molecule is CC1CCC(C(N)=O)CN1c1ccc([C@@H](C)N)cc1Cl. The van der Waals surface area contributed by atoms with Crippen molar-refractivity contribution in [3.8, 4) is 0 Å². The fraction of sp³-hybridized carbons (Fsp3) is 0.533. The molecule has 1 aliphatic rings. The Morgan fingerprint density at radius 3 is 2.70 bits per heavy atom. The molecule has 1 aromatic carbocycles. The molecule has 1 heterocycles. The molecule has 0 saturated carbocycles. The van der Waals surface area contributed by atoms with Crippen molar-refractivity contribution in [1.82, 2.24) is 0 Å². The molecule has 0 aromatic heterocycles. The van der Waals surface area contributed by atoms with Crippen LogP contribution < -0.4 is 16.4 Å². The lowest BCUT2D eigenvalue weighted by atomic mass is 9.92. The van der Waals surface area contributed by atoms with Crippen molar-refractivity contribution in [1.29, 1.82) is 0 Å². The summed E-state index contributed by atoms with van der Waals surface area (Å²) in [6, 6.07) is 6.19. The van der Waals surface area contributed by atoms with Crippen LogP contribution in [0.4, 0.5) is 5.69 Å². The Balaban J connectivity index is 2.27. The number of piperidine rings is 1. The summed E-state index contributed by atoms with van der Waals surface area (Å²) >= 11 is 6.39. The van der Waals surface area contributed by atoms with Crippen LogP contribution in [0.5, 0.6) is 0 Å². The lowest BCUT2D eigenvalue weighted by molar-refractivity contribution is -0.122. The number of anilines is 1. The average Bonchev–Trinajstić information content (AvgIpc) is 2.39. The van der Waals surface area contributed by atoms with Crippen molar-refractivity contribution >= 4 is 23.2 Å². The Hall–Kier alpha value is -1.26. The Labute approximate surface area is 125 Å². The molecule has 1 aliphatic heterocycles. The highest BCUT2D eigenvalue weighted by atomic mass is 35.5. The first-order valence-electron chi connectivity index (χ1n) is 7.01. The molecule has 2 unspecified atom stereocenters. The second kappa shape index (κ2) is 6.02. The van der Waals surface area contributed by atoms with Crippen LogP contribution in [0, 0.1) is 5.92 Å². The van der Waals surface area contributed by atoms with Gasteiger partial charge in [-0.15, -0.1) is 0 Å². The van der Waals surface area contributed by atoms with Gasteiger partial charge in [0.05, 0.1) is 16.6 Å². The molecule has 0 aliphatic carbocycles. The third-order valence-corrected chi connectivity index (χ3v) is 4.39. The molecule has 0 spiro atoms. The molecule has 20 heavy (non-hydrogen) atoms. The zero-order valence-corrected chi connectivity index (χ0v) is 12.7. The van der Waals surface area contributed by atoms with Gasteiger partial charge in [0, 0.05) is 18.6 Å². The number of nitrogens with zero attached hydrogens (tertiary/aromatic N) is 1. The van der Waals surface area contributed by atoms with Gasteiger partial charge >= 0.3 is 0 Å². The highest BCUT2D eigenvalue weighted by molar-refractivity contribution is 6.33. The molecule has 1 saturated heterocycles. The van der Waals surface area contributed by atoms with Gasteiger partial charge in [0.2, 0.25) is 5.91 Å². The quantitative estimate of drug-likeness (QED) is 0.899. The summed E-state index contributed by atoms with van der Waals surface area (Å²) in [5.74, 6) is -0.333. The number of hydrogen-bond acceptors (Lipinski definition) is 3. The molecule has 0 radical (unpaired) electrons. The van der Waals surface area contributed by atoms with Gasteiger partial charge in [-0.3, -0.25) is 4.79 Å². The van der Waals surface area contributed by atoms with E-state index in [0.717, 1.165) is 24.1 Å². The molecule has 4 N–H and O–H groups in total. The molecule has 3 atom stereocenters. The minimum Gasteiger partial charge on any atom is -0.369 e. The zero-order chi connectivity index (χ0) is 14.9. The third-order valence-electron chi connectivity index (χ3n) is 4.09. The topological polar surface area (TPSA) is 72.4 Å². The maximum Gasteiger partial charge on any atom is 0.222 e. The highest BCUT2D eigenvalue weighted by Crippen LogP contribution is 2.34. The average molecular weight is 296 g/mol. The van der Waals surface area contributed by atoms with Gasteiger partial charge in [-0.2, -0.15) is 0 Å². The fourth-order valence-electron chi connectivity index (χ4n) is 2.71. The van der Waals surface area contributed by atoms with Crippen LogP contribution in [0.15, 0.2) is 18.2 Å². The van der Waals surface area contributed by atoms with E-state index < -0.39 is 0 Å². The van der Waals surface area contributed by atoms with E-state index in [1.807, 2.05) is 25.1 Å². The second-order valence-corrected chi connectivity index (χ2v) is 6.08. The van der Waals surface area contributed by atoms with Crippen LogP contribution in [0.3, 0.4) is 0 Å². The van der Waals surface area contributed by atoms with E-state index in [1.54, 1.807) is 0 Å². The molecule has 5 heteroatoms. The number of rotatable bonds is 3. The molecule has 4 nitrogen and oxygen atoms in total. The van der Waals surface area contributed by atoms with Crippen LogP contribution in [-0.4, -0.2) is 18.5 Å². The first kappa shape index (κ1) is 15.1. The van der Waals surface area contributed by atoms with Gasteiger partial charge in [-0.05, 0) is 44.4 Å². The van der Waals surface area contributed by atoms with Gasteiger partial charge in [0.1, 0.15) is 0 Å². The first-order chi connectivity index (χ1) is 9.40. The standard InChI is InChI=1S/C15H22ClN3O/c1-9-3-4-12(15(18)20)8-19(9)14-6-5-11(10(2)17)7-13(14)16/h5-7,9-10,12H,3-4,8,17H2,1-2H3,(H2,18,20)/t9?,10-,12?/m1/s1. The molecular weight excluding hydrogens is 274 g/mol. The number of primary amides is 1. The van der Waals surface area contributed by atoms with Gasteiger partial charge < -0.3 is 16.4 Å². The fourth-order valence-corrected chi connectivity index (χ4v) is 3.01. The Bertz CT molecular complexity index is 504. The molecule has 0 bridgehead atoms. The third kappa shape index (κ3) is 3.07. The highest BCUT2D eigenvalue weighted by Gasteiger charge is 2.29. The normalized spacial score (nSPS) is 24.5. The summed E-state index contributed by atoms with van der Waals surface area (Å²) in [5, 5.41) is 0.678. The van der Waals surface area contributed by atoms with E-state index in [0.29, 0.717) is 17.6 Å². The van der Waals surface area contributed by atoms with E-state index >= 15 is 0 Å². The number of nitrogens with two attached hydrogens (primary N) is 2. The van der Waals surface area contributed by atoms with Crippen LogP contribution in [-0.2, 0) is 4.79 Å². The molecule has 1 aromatic rings. The lowest BCUT2D eigenvalue weighted by Crippen LogP contribution is -2.46. The molecular formula is C15H22ClN3O. The van der Waals surface area contributed by atoms with E-state index in [9.17, 15) is 4.79 Å². The van der Waals surface area contributed by atoms with Crippen LogP contribution in [0.2, 0.25) is 5.02 Å². The zero-order valence-electron chi connectivity index (χ0n) is 12.0. The van der Waals surface area contributed by atoms with Crippen molar-refractivity contribution < 1.29 is 4.79 Å². The van der Waals surface area contributed by atoms with Crippen LogP contribution >= 0.6 is 11.6 Å². The summed E-state index contributed by atoms with van der Waals surface area (Å²) in [6.45, 7) is 4.71. The number of amides is 1. The summed E-state index contributed by atoms with van der Waals surface area (Å²) in [7, 11) is 0. The smallest absolute Gasteiger partial charge is 0.222 e. The Morgan fingerprint density at radius 1 is 1.45 bits per heavy atom. The van der Waals surface area contributed by atoms with Crippen molar-refractivity contribution in [3.05, 3.63) is 28.8 Å². The minimum absolute atomic E-state index is 0.0429. The largest absolute Gasteiger partial charge is 0.369 e. The van der Waals surface area contributed by atoms with Gasteiger partial charge in [0.25, 0.3) is 0 Å². The predicted octanol–water partition coefficient (Wildman–Crippen LogP) is 2.45. The summed E-state index contributed by atoms with van der Waals surface area (Å²) in [6.07, 6.45) is 1.79. The van der Waals surface area contributed by atoms with Crippen LogP contribution in [0.25, 0.3) is 0 Å². The van der Waals surface area contributed by atoms with E-state index in [2.05, 4.69) is 11.8 Å².